The fourth-order valence-electron chi connectivity index (χ4n) is 4.07. The molecule has 152 valence electrons. The van der Waals surface area contributed by atoms with Crippen molar-refractivity contribution >= 4 is 39.4 Å². The molecule has 0 fully saturated rings. The Bertz CT molecular complexity index is 1150. The van der Waals surface area contributed by atoms with Gasteiger partial charge in [-0.2, -0.15) is 4.98 Å². The number of aromatic nitrogens is 3. The molecule has 1 aromatic heterocycles. The van der Waals surface area contributed by atoms with Crippen molar-refractivity contribution in [1.29, 1.82) is 0 Å². The number of nitrogens with zero attached hydrogens (tertiary/aromatic N) is 3. The van der Waals surface area contributed by atoms with E-state index < -0.39 is 0 Å². The average molecular weight is 481 g/mol. The predicted molar refractivity (Wildman–Crippen MR) is 123 cm³/mol. The van der Waals surface area contributed by atoms with Crippen LogP contribution in [0.15, 0.2) is 69.4 Å². The molecule has 0 spiro atoms. The summed E-state index contributed by atoms with van der Waals surface area (Å²) in [6.45, 7) is 2.12. The van der Waals surface area contributed by atoms with Crippen molar-refractivity contribution in [3.63, 3.8) is 0 Å². The number of anilines is 1. The topological polar surface area (TPSA) is 59.8 Å². The van der Waals surface area contributed by atoms with Crippen LogP contribution >= 0.6 is 27.7 Å². The number of fused-ring (bicyclic) bond motifs is 1. The van der Waals surface area contributed by atoms with Gasteiger partial charge in [-0.15, -0.1) is 5.10 Å². The minimum Gasteiger partial charge on any atom is -0.328 e. The molecule has 5 rings (SSSR count). The summed E-state index contributed by atoms with van der Waals surface area (Å²) in [4.78, 5) is 17.6. The molecule has 1 N–H and O–H groups in total. The van der Waals surface area contributed by atoms with Crippen molar-refractivity contribution < 1.29 is 4.79 Å². The standard InChI is InChI=1S/C23H21BrN4OS/c1-14-5-2-3-6-16(14)13-30-23-26-22-25-18-7-4-8-19(29)20(18)21(28(22)27-23)15-9-11-17(24)12-10-15/h2-3,5-6,9-12,21H,4,7-8,13H2,1H3,(H,25,26,27)/t21-/m1/s1. The number of halogens is 1. The van der Waals surface area contributed by atoms with Gasteiger partial charge in [0.05, 0.1) is 0 Å². The lowest BCUT2D eigenvalue weighted by molar-refractivity contribution is -0.116. The van der Waals surface area contributed by atoms with Gasteiger partial charge in [0.25, 0.3) is 0 Å². The number of benzene rings is 2. The Balaban J connectivity index is 1.51. The molecule has 0 unspecified atom stereocenters. The second kappa shape index (κ2) is 8.04. The first kappa shape index (κ1) is 19.6. The molecule has 5 nitrogen and oxygen atoms in total. The average Bonchev–Trinajstić information content (AvgIpc) is 3.15. The summed E-state index contributed by atoms with van der Waals surface area (Å²) in [5.41, 5.74) is 5.41. The number of carbonyl (C=O) groups is 1. The maximum Gasteiger partial charge on any atom is 0.227 e. The highest BCUT2D eigenvalue weighted by Crippen LogP contribution is 2.41. The van der Waals surface area contributed by atoms with E-state index in [4.69, 9.17) is 10.1 Å². The molecule has 1 atom stereocenters. The number of hydrogen-bond donors (Lipinski definition) is 1. The number of aryl methyl sites for hydroxylation is 1. The third kappa shape index (κ3) is 3.61. The Kier molecular flexibility index (Phi) is 5.25. The van der Waals surface area contributed by atoms with Gasteiger partial charge < -0.3 is 5.32 Å². The van der Waals surface area contributed by atoms with Crippen molar-refractivity contribution in [3.05, 3.63) is 81.0 Å². The number of rotatable bonds is 4. The van der Waals surface area contributed by atoms with E-state index in [0.29, 0.717) is 12.4 Å². The molecule has 2 aromatic carbocycles. The lowest BCUT2D eigenvalue weighted by Gasteiger charge is -2.32. The fourth-order valence-corrected chi connectivity index (χ4v) is 5.23. The molecular formula is C23H21BrN4OS. The van der Waals surface area contributed by atoms with E-state index in [0.717, 1.165) is 45.1 Å². The molecular weight excluding hydrogens is 460 g/mol. The molecule has 0 bridgehead atoms. The smallest absolute Gasteiger partial charge is 0.227 e. The first-order chi connectivity index (χ1) is 14.6. The second-order valence-electron chi connectivity index (χ2n) is 7.63. The van der Waals surface area contributed by atoms with Gasteiger partial charge in [0.15, 0.2) is 5.78 Å². The summed E-state index contributed by atoms with van der Waals surface area (Å²) in [5.74, 6) is 1.72. The van der Waals surface area contributed by atoms with E-state index in [1.807, 2.05) is 16.8 Å². The predicted octanol–water partition coefficient (Wildman–Crippen LogP) is 5.66. The van der Waals surface area contributed by atoms with Gasteiger partial charge in [-0.05, 0) is 48.6 Å². The highest BCUT2D eigenvalue weighted by atomic mass is 79.9. The van der Waals surface area contributed by atoms with Crippen LogP contribution in [-0.4, -0.2) is 20.5 Å². The molecule has 1 aliphatic carbocycles. The summed E-state index contributed by atoms with van der Waals surface area (Å²) < 4.78 is 2.89. The normalized spacial score (nSPS) is 18.1. The summed E-state index contributed by atoms with van der Waals surface area (Å²) in [6, 6.07) is 16.3. The third-order valence-corrected chi connectivity index (χ3v) is 7.07. The van der Waals surface area contributed by atoms with Gasteiger partial charge in [0.1, 0.15) is 6.04 Å². The van der Waals surface area contributed by atoms with Crippen LogP contribution in [0.2, 0.25) is 0 Å². The van der Waals surface area contributed by atoms with Crippen LogP contribution in [-0.2, 0) is 10.5 Å². The maximum atomic E-state index is 12.9. The number of hydrogen-bond acceptors (Lipinski definition) is 5. The Labute approximate surface area is 188 Å². The second-order valence-corrected chi connectivity index (χ2v) is 9.48. The van der Waals surface area contributed by atoms with Crippen molar-refractivity contribution in [2.45, 2.75) is 43.1 Å². The Morgan fingerprint density at radius 3 is 2.77 bits per heavy atom. The van der Waals surface area contributed by atoms with Crippen LogP contribution in [0.5, 0.6) is 0 Å². The van der Waals surface area contributed by atoms with Gasteiger partial charge in [0.2, 0.25) is 11.1 Å². The van der Waals surface area contributed by atoms with Crippen LogP contribution in [0.1, 0.15) is 42.0 Å². The highest BCUT2D eigenvalue weighted by Gasteiger charge is 2.36. The molecule has 0 saturated heterocycles. The number of carbonyl (C=O) groups excluding carboxylic acids is 1. The van der Waals surface area contributed by atoms with Gasteiger partial charge in [-0.3, -0.25) is 4.79 Å². The Hall–Kier alpha value is -2.38. The van der Waals surface area contributed by atoms with Crippen molar-refractivity contribution in [2.75, 3.05) is 5.32 Å². The summed E-state index contributed by atoms with van der Waals surface area (Å²) in [7, 11) is 0. The van der Waals surface area contributed by atoms with Crippen LogP contribution < -0.4 is 5.32 Å². The molecule has 0 radical (unpaired) electrons. The molecule has 3 aromatic rings. The number of ketones is 1. The fraction of sp³-hybridized carbons (Fsp3) is 0.261. The largest absolute Gasteiger partial charge is 0.328 e. The lowest BCUT2D eigenvalue weighted by Crippen LogP contribution is -2.31. The molecule has 7 heteroatoms. The highest BCUT2D eigenvalue weighted by molar-refractivity contribution is 9.10. The van der Waals surface area contributed by atoms with E-state index in [-0.39, 0.29) is 11.8 Å². The van der Waals surface area contributed by atoms with Gasteiger partial charge in [-0.1, -0.05) is 64.1 Å². The summed E-state index contributed by atoms with van der Waals surface area (Å²) in [5, 5.41) is 8.92. The zero-order valence-electron chi connectivity index (χ0n) is 16.6. The van der Waals surface area contributed by atoms with Gasteiger partial charge in [0, 0.05) is 27.9 Å². The molecule has 2 heterocycles. The van der Waals surface area contributed by atoms with E-state index in [9.17, 15) is 4.79 Å². The minimum absolute atomic E-state index is 0.201. The number of nitrogens with one attached hydrogen (secondary N) is 1. The van der Waals surface area contributed by atoms with Crippen molar-refractivity contribution in [3.8, 4) is 0 Å². The first-order valence-corrected chi connectivity index (χ1v) is 11.8. The molecule has 30 heavy (non-hydrogen) atoms. The zero-order chi connectivity index (χ0) is 20.7. The molecule has 0 amide bonds. The number of allylic oxidation sites excluding steroid dienone is 2. The van der Waals surface area contributed by atoms with E-state index in [1.165, 1.54) is 11.1 Å². The van der Waals surface area contributed by atoms with Crippen LogP contribution in [0.25, 0.3) is 0 Å². The van der Waals surface area contributed by atoms with Crippen LogP contribution in [0, 0.1) is 6.92 Å². The molecule has 0 saturated carbocycles. The van der Waals surface area contributed by atoms with E-state index in [2.05, 4.69) is 64.6 Å². The van der Waals surface area contributed by atoms with Crippen LogP contribution in [0.4, 0.5) is 5.95 Å². The summed E-state index contributed by atoms with van der Waals surface area (Å²) >= 11 is 5.13. The first-order valence-electron chi connectivity index (χ1n) is 10.0. The number of thioether (sulfide) groups is 1. The van der Waals surface area contributed by atoms with E-state index in [1.54, 1.807) is 11.8 Å². The minimum atomic E-state index is -0.238. The molecule has 2 aliphatic rings. The maximum absolute atomic E-state index is 12.9. The Morgan fingerprint density at radius 1 is 1.17 bits per heavy atom. The quantitative estimate of drug-likeness (QED) is 0.487. The zero-order valence-corrected chi connectivity index (χ0v) is 19.0. The van der Waals surface area contributed by atoms with Crippen molar-refractivity contribution in [1.82, 2.24) is 14.8 Å². The Morgan fingerprint density at radius 2 is 1.97 bits per heavy atom. The third-order valence-electron chi connectivity index (χ3n) is 5.65. The SMILES string of the molecule is Cc1ccccc1CSc1nc2n(n1)[C@H](c1ccc(Br)cc1)C1=C(CCCC1=O)N2. The molecule has 1 aliphatic heterocycles. The van der Waals surface area contributed by atoms with Gasteiger partial charge in [-0.25, -0.2) is 4.68 Å². The number of Topliss-reactive ketones (excluding diaryl/α,β-unsaturated/α-hetero) is 1. The van der Waals surface area contributed by atoms with Crippen molar-refractivity contribution in [2.24, 2.45) is 0 Å². The lowest BCUT2D eigenvalue weighted by atomic mass is 9.85. The van der Waals surface area contributed by atoms with Gasteiger partial charge >= 0.3 is 0 Å². The monoisotopic (exact) mass is 480 g/mol. The summed E-state index contributed by atoms with van der Waals surface area (Å²) in [6.07, 6.45) is 2.33. The van der Waals surface area contributed by atoms with Crippen LogP contribution in [0.3, 0.4) is 0 Å². The van der Waals surface area contributed by atoms with E-state index >= 15 is 0 Å².